The van der Waals surface area contributed by atoms with Crippen LogP contribution in [0.4, 0.5) is 27.8 Å². The number of methoxy groups -OCH3 is 1. The van der Waals surface area contributed by atoms with E-state index in [-0.39, 0.29) is 42.2 Å². The average Bonchev–Trinajstić information content (AvgIpc) is 3.48. The quantitative estimate of drug-likeness (QED) is 0.0921. The van der Waals surface area contributed by atoms with Gasteiger partial charge in [0, 0.05) is 54.1 Å². The summed E-state index contributed by atoms with van der Waals surface area (Å²) in [5, 5.41) is 10.1. The second-order valence-electron chi connectivity index (χ2n) is 13.6. The van der Waals surface area contributed by atoms with E-state index in [1.165, 1.54) is 31.6 Å². The maximum Gasteiger partial charge on any atom is 0.417 e. The van der Waals surface area contributed by atoms with Crippen molar-refractivity contribution in [2.75, 3.05) is 31.7 Å². The largest absolute Gasteiger partial charge is 0.467 e. The number of nitrogens with one attached hydrogen (secondary N) is 1. The smallest absolute Gasteiger partial charge is 0.417 e. The summed E-state index contributed by atoms with van der Waals surface area (Å²) in [4.78, 5) is 16.9. The highest BCUT2D eigenvalue weighted by Gasteiger charge is 2.56. The molecule has 0 radical (unpaired) electrons. The maximum absolute atomic E-state index is 14.6. The van der Waals surface area contributed by atoms with E-state index < -0.39 is 23.6 Å². The van der Waals surface area contributed by atoms with Crippen molar-refractivity contribution < 1.29 is 31.4 Å². The molecule has 4 unspecified atom stereocenters. The fourth-order valence-electron chi connectivity index (χ4n) is 7.35. The molecular weight excluding hydrogens is 847 g/mol. The molecule has 53 heavy (non-hydrogen) atoms. The number of nitrogens with zero attached hydrogens (tertiary/aromatic N) is 6. The van der Waals surface area contributed by atoms with Gasteiger partial charge in [0.1, 0.15) is 10.6 Å². The van der Waals surface area contributed by atoms with Gasteiger partial charge < -0.3 is 19.7 Å². The van der Waals surface area contributed by atoms with Gasteiger partial charge >= 0.3 is 12.2 Å². The van der Waals surface area contributed by atoms with E-state index in [1.54, 1.807) is 16.7 Å². The van der Waals surface area contributed by atoms with Crippen LogP contribution in [0.2, 0.25) is 0 Å². The van der Waals surface area contributed by atoms with E-state index in [4.69, 9.17) is 14.5 Å². The minimum absolute atomic E-state index is 0.0121. The lowest BCUT2D eigenvalue weighted by Crippen LogP contribution is -2.51. The maximum atomic E-state index is 14.6. The molecule has 1 N–H and O–H groups in total. The molecule has 17 heteroatoms. The normalized spacial score (nSPS) is 20.8. The van der Waals surface area contributed by atoms with Crippen molar-refractivity contribution >= 4 is 76.8 Å². The number of hydrogen-bond acceptors (Lipinski definition) is 9. The molecule has 3 fully saturated rings. The van der Waals surface area contributed by atoms with E-state index in [2.05, 4.69) is 47.3 Å². The Morgan fingerprint density at radius 3 is 2.47 bits per heavy atom. The second-order valence-corrected chi connectivity index (χ2v) is 16.6. The highest BCUT2D eigenvalue weighted by atomic mass is 127. The lowest BCUT2D eigenvalue weighted by atomic mass is 9.94. The monoisotopic (exact) mass is 881 g/mol. The zero-order valence-corrected chi connectivity index (χ0v) is 32.5. The zero-order chi connectivity index (χ0) is 37.1. The van der Waals surface area contributed by atoms with Crippen molar-refractivity contribution in [2.45, 2.75) is 57.0 Å². The summed E-state index contributed by atoms with van der Waals surface area (Å²) < 4.78 is 81.7. The van der Waals surface area contributed by atoms with Crippen LogP contribution in [0.1, 0.15) is 36.0 Å². The van der Waals surface area contributed by atoms with Crippen molar-refractivity contribution in [3.63, 3.8) is 0 Å². The number of ether oxygens (including phenoxy) is 2. The van der Waals surface area contributed by atoms with Gasteiger partial charge in [0.2, 0.25) is 0 Å². The molecule has 6 aromatic rings. The molecule has 278 valence electrons. The highest BCUT2D eigenvalue weighted by Crippen LogP contribution is 2.50. The number of aromatic nitrogens is 5. The Hall–Kier alpha value is -3.31. The number of thiophene rings is 1. The Kier molecular flexibility index (Phi) is 9.96. The predicted octanol–water partition coefficient (Wildman–Crippen LogP) is 9.18. The summed E-state index contributed by atoms with van der Waals surface area (Å²) in [6.45, 7) is 3.69. The van der Waals surface area contributed by atoms with E-state index >= 15 is 0 Å². The highest BCUT2D eigenvalue weighted by molar-refractivity contribution is 14.2. The predicted molar refractivity (Wildman–Crippen MR) is 207 cm³/mol. The summed E-state index contributed by atoms with van der Waals surface area (Å²) in [6.07, 6.45) is 0.986. The molecule has 1 aliphatic carbocycles. The van der Waals surface area contributed by atoms with E-state index in [0.717, 1.165) is 48.1 Å². The van der Waals surface area contributed by atoms with Gasteiger partial charge in [-0.3, -0.25) is 4.98 Å². The van der Waals surface area contributed by atoms with Crippen molar-refractivity contribution in [2.24, 2.45) is 5.92 Å². The molecular formula is C36H34F5IN7O2PS. The summed E-state index contributed by atoms with van der Waals surface area (Å²) in [6, 6.07) is 14.0. The standard InChI is InChI=1S/C25H22F3IN7OPS.C11H12F2O/c1-11-7-16-15(8-31-36(16)38-29)17(19(11)25(26,27)28)20-21-14(5-6-30-20)18-22(33-24(37-2)34-23(18)39-21)35-9-12-3-4-13(10-35)32-12;12-11(13)6-10(11)8-14-7-9-4-2-1-3-5-9/h5-8,12-13,32,38H,3-4,9-10H2,1-2H3;1-5,10H,6-8H2. The zero-order valence-electron chi connectivity index (χ0n) is 28.6. The topological polar surface area (TPSA) is 90.2 Å². The minimum Gasteiger partial charge on any atom is -0.467 e. The summed E-state index contributed by atoms with van der Waals surface area (Å²) in [7, 11) is 1.53. The fourth-order valence-corrected chi connectivity index (χ4v) is 10.0. The van der Waals surface area contributed by atoms with Gasteiger partial charge in [-0.1, -0.05) is 30.3 Å². The van der Waals surface area contributed by atoms with E-state index in [9.17, 15) is 22.0 Å². The van der Waals surface area contributed by atoms with Gasteiger partial charge in [0.05, 0.1) is 65.7 Å². The number of fused-ring (bicyclic) bond motifs is 6. The van der Waals surface area contributed by atoms with Crippen LogP contribution in [0.25, 0.3) is 42.5 Å². The molecule has 9 nitrogen and oxygen atoms in total. The Morgan fingerprint density at radius 1 is 1.08 bits per heavy atom. The van der Waals surface area contributed by atoms with Crippen LogP contribution in [0, 0.1) is 12.8 Å². The molecule has 2 saturated heterocycles. The van der Waals surface area contributed by atoms with Crippen molar-refractivity contribution in [1.82, 2.24) is 29.8 Å². The van der Waals surface area contributed by atoms with Gasteiger partial charge in [0.15, 0.2) is 0 Å². The number of benzene rings is 2. The third kappa shape index (κ3) is 7.17. The molecule has 3 aliphatic rings. The van der Waals surface area contributed by atoms with E-state index in [1.807, 2.05) is 36.4 Å². The lowest BCUT2D eigenvalue weighted by Gasteiger charge is -2.34. The minimum atomic E-state index is -4.57. The number of rotatable bonds is 8. The fraction of sp³-hybridized carbons (Fsp3) is 0.389. The molecule has 9 rings (SSSR count). The van der Waals surface area contributed by atoms with Gasteiger partial charge in [-0.15, -0.1) is 11.3 Å². The van der Waals surface area contributed by atoms with Crippen molar-refractivity contribution in [3.8, 4) is 17.3 Å². The Labute approximate surface area is 320 Å². The lowest BCUT2D eigenvalue weighted by molar-refractivity contribution is -0.137. The number of hydrogen-bond donors (Lipinski definition) is 1. The first-order valence-corrected chi connectivity index (χ1v) is 21.9. The van der Waals surface area contributed by atoms with E-state index in [0.29, 0.717) is 39.1 Å². The summed E-state index contributed by atoms with van der Waals surface area (Å²) >= 11 is 3.50. The second kappa shape index (κ2) is 14.4. The van der Waals surface area contributed by atoms with Crippen LogP contribution in [0.3, 0.4) is 0 Å². The Balaban J connectivity index is 0.000000240. The molecule has 0 spiro atoms. The molecule has 4 aromatic heterocycles. The number of anilines is 1. The van der Waals surface area contributed by atoms with Crippen LogP contribution >= 0.6 is 39.8 Å². The molecule has 0 amide bonds. The van der Waals surface area contributed by atoms with Crippen molar-refractivity contribution in [1.29, 1.82) is 0 Å². The SMILES string of the molecule is COc1nc(N2CC3CCC(C2)N3)c2c(n1)sc1c(-c3c(C(F)(F)F)c(C)cc4c3cnn4PI)nccc12.FC1(F)CC1COCc1ccccc1. The number of pyridine rings is 1. The van der Waals surface area contributed by atoms with Crippen LogP contribution in [-0.4, -0.2) is 69.3 Å². The molecule has 2 aromatic carbocycles. The number of aryl methyl sites for hydroxylation is 1. The summed E-state index contributed by atoms with van der Waals surface area (Å²) in [5.74, 6) is -2.26. The Morgan fingerprint density at radius 2 is 1.81 bits per heavy atom. The van der Waals surface area contributed by atoms with Crippen molar-refractivity contribution in [3.05, 3.63) is 71.5 Å². The van der Waals surface area contributed by atoms with Gasteiger partial charge in [0.25, 0.3) is 5.92 Å². The number of piperazine rings is 1. The molecule has 1 saturated carbocycles. The summed E-state index contributed by atoms with van der Waals surface area (Å²) in [5.41, 5.74) is 1.46. The molecule has 2 bridgehead atoms. The number of halogens is 6. The Bertz CT molecular complexity index is 2300. The number of alkyl halides is 5. The first-order valence-electron chi connectivity index (χ1n) is 17.0. The first kappa shape index (κ1) is 36.7. The third-order valence-corrected chi connectivity index (χ3v) is 13.0. The van der Waals surface area contributed by atoms with Crippen LogP contribution < -0.4 is 15.0 Å². The third-order valence-electron chi connectivity index (χ3n) is 9.97. The van der Waals surface area contributed by atoms with Gasteiger partial charge in [-0.25, -0.2) is 13.2 Å². The molecule has 2 aliphatic heterocycles. The van der Waals surface area contributed by atoms with Crippen LogP contribution in [0.15, 0.2) is 54.9 Å². The van der Waals surface area contributed by atoms with Crippen LogP contribution in [-0.2, 0) is 17.5 Å². The van der Waals surface area contributed by atoms with Crippen LogP contribution in [0.5, 0.6) is 6.01 Å². The first-order chi connectivity index (χ1) is 25.4. The molecule has 6 heterocycles. The van der Waals surface area contributed by atoms with Gasteiger partial charge in [-0.2, -0.15) is 28.2 Å². The van der Waals surface area contributed by atoms with Gasteiger partial charge in [-0.05, 0) is 65.1 Å². The molecule has 4 atom stereocenters. The average molecular weight is 882 g/mol.